The monoisotopic (exact) mass is 424 g/mol. The van der Waals surface area contributed by atoms with Crippen molar-refractivity contribution in [3.8, 4) is 0 Å². The van der Waals surface area contributed by atoms with Gasteiger partial charge in [0.25, 0.3) is 5.54 Å². The quantitative estimate of drug-likeness (QED) is 0.270. The molecule has 2 heterocycles. The fraction of sp³-hybridized carbons (Fsp3) is 0.263. The fourth-order valence-electron chi connectivity index (χ4n) is 2.89. The van der Waals surface area contributed by atoms with Crippen molar-refractivity contribution in [1.29, 1.82) is 0 Å². The van der Waals surface area contributed by atoms with Crippen molar-refractivity contribution >= 4 is 51.6 Å². The normalized spacial score (nSPS) is 10.8. The number of benzene rings is 1. The van der Waals surface area contributed by atoms with Crippen LogP contribution in [-0.4, -0.2) is 27.6 Å². The van der Waals surface area contributed by atoms with Gasteiger partial charge in [-0.3, -0.25) is 4.79 Å². The van der Waals surface area contributed by atoms with Gasteiger partial charge in [0.2, 0.25) is 0 Å². The average molecular weight is 425 g/mol. The number of hydrogen-bond acceptors (Lipinski definition) is 5. The third-order valence-corrected chi connectivity index (χ3v) is 5.56. The van der Waals surface area contributed by atoms with Gasteiger partial charge >= 0.3 is 29.6 Å². The standard InChI is InChI=1S/C19H15ClN3O2S.Na.H2O/c1-19(2,21-3)14-8-6-12-16(25)11-5-7-13(20)17(26-4)15(11)23(9-10-24)18(12)22-14;;/h5-8H,9H2,1-2,4H3;;1H2/q-1;+1;/p-1. The molecule has 0 aliphatic rings. The molecular formula is C19H16ClN3NaO3S-. The molecule has 0 bridgehead atoms. The number of thioether (sulfide) groups is 1. The topological polar surface area (TPSA) is 86.3 Å². The molecule has 9 heteroatoms. The van der Waals surface area contributed by atoms with E-state index in [0.29, 0.717) is 37.5 Å². The van der Waals surface area contributed by atoms with Crippen molar-refractivity contribution in [1.82, 2.24) is 9.55 Å². The van der Waals surface area contributed by atoms with E-state index in [-0.39, 0.29) is 47.0 Å². The minimum Gasteiger partial charge on any atom is -0.870 e. The van der Waals surface area contributed by atoms with Crippen molar-refractivity contribution in [2.45, 2.75) is 30.8 Å². The third-order valence-electron chi connectivity index (χ3n) is 4.31. The van der Waals surface area contributed by atoms with Gasteiger partial charge in [0, 0.05) is 19.2 Å². The molecule has 140 valence electrons. The van der Waals surface area contributed by atoms with E-state index < -0.39 is 5.54 Å². The third kappa shape index (κ3) is 3.99. The molecule has 2 aromatic heterocycles. The second-order valence-electron chi connectivity index (χ2n) is 6.27. The molecule has 0 spiro atoms. The van der Waals surface area contributed by atoms with Crippen LogP contribution >= 0.6 is 23.4 Å². The summed E-state index contributed by atoms with van der Waals surface area (Å²) in [5.74, 6) is 0. The van der Waals surface area contributed by atoms with Crippen molar-refractivity contribution < 1.29 is 39.8 Å². The number of pyridine rings is 2. The van der Waals surface area contributed by atoms with Crippen LogP contribution in [0.5, 0.6) is 0 Å². The van der Waals surface area contributed by atoms with E-state index in [9.17, 15) is 9.59 Å². The summed E-state index contributed by atoms with van der Waals surface area (Å²) in [6, 6.07) is 6.70. The van der Waals surface area contributed by atoms with Gasteiger partial charge < -0.3 is 19.7 Å². The summed E-state index contributed by atoms with van der Waals surface area (Å²) in [6.45, 7) is 10.8. The van der Waals surface area contributed by atoms with Crippen LogP contribution in [0.15, 0.2) is 34.0 Å². The Hall–Kier alpha value is -1.40. The van der Waals surface area contributed by atoms with Crippen LogP contribution in [0.1, 0.15) is 19.5 Å². The molecule has 0 saturated carbocycles. The Labute approximate surface area is 193 Å². The number of halogens is 1. The minimum atomic E-state index is -0.842. The first-order valence-electron chi connectivity index (χ1n) is 7.79. The van der Waals surface area contributed by atoms with Crippen molar-refractivity contribution in [2.24, 2.45) is 0 Å². The number of rotatable bonds is 4. The zero-order valence-electron chi connectivity index (χ0n) is 15.9. The van der Waals surface area contributed by atoms with Gasteiger partial charge in [-0.15, -0.1) is 11.8 Å². The maximum Gasteiger partial charge on any atom is 1.00 e. The Balaban J connectivity index is 0.00000196. The predicted molar refractivity (Wildman–Crippen MR) is 108 cm³/mol. The van der Waals surface area contributed by atoms with E-state index in [1.807, 2.05) is 12.5 Å². The minimum absolute atomic E-state index is 0. The van der Waals surface area contributed by atoms with E-state index >= 15 is 0 Å². The Morgan fingerprint density at radius 1 is 1.29 bits per heavy atom. The van der Waals surface area contributed by atoms with Crippen LogP contribution in [0.25, 0.3) is 26.8 Å². The molecule has 3 aromatic rings. The van der Waals surface area contributed by atoms with Crippen LogP contribution in [0.3, 0.4) is 0 Å². The van der Waals surface area contributed by atoms with Crippen molar-refractivity contribution in [3.05, 3.63) is 56.6 Å². The van der Waals surface area contributed by atoms with Gasteiger partial charge in [0.1, 0.15) is 11.3 Å². The first-order chi connectivity index (χ1) is 12.4. The van der Waals surface area contributed by atoms with Crippen molar-refractivity contribution in [2.75, 3.05) is 6.26 Å². The molecule has 6 nitrogen and oxygen atoms in total. The Bertz CT molecular complexity index is 1160. The predicted octanol–water partition coefficient (Wildman–Crippen LogP) is 1.02. The molecule has 28 heavy (non-hydrogen) atoms. The Morgan fingerprint density at radius 3 is 2.50 bits per heavy atom. The number of hydrogen-bond donors (Lipinski definition) is 0. The maximum atomic E-state index is 13.0. The van der Waals surface area contributed by atoms with Gasteiger partial charge in [0.05, 0.1) is 20.8 Å². The first-order valence-corrected chi connectivity index (χ1v) is 9.40. The van der Waals surface area contributed by atoms with Crippen LogP contribution in [0.4, 0.5) is 0 Å². The van der Waals surface area contributed by atoms with Crippen molar-refractivity contribution in [3.63, 3.8) is 0 Å². The van der Waals surface area contributed by atoms with Gasteiger partial charge in [-0.2, -0.15) is 0 Å². The zero-order chi connectivity index (χ0) is 19.1. The fourth-order valence-corrected chi connectivity index (χ4v) is 3.95. The summed E-state index contributed by atoms with van der Waals surface area (Å²) in [7, 11) is 0. The molecule has 0 unspecified atom stereocenters. The van der Waals surface area contributed by atoms with E-state index in [0.717, 1.165) is 0 Å². The number of carbonyl (C=O) groups excluding carboxylic acids is 1. The van der Waals surface area contributed by atoms with Gasteiger partial charge in [0.15, 0.2) is 5.43 Å². The molecule has 1 N–H and O–H groups in total. The molecule has 0 saturated heterocycles. The summed E-state index contributed by atoms with van der Waals surface area (Å²) in [5, 5.41) is 1.37. The van der Waals surface area contributed by atoms with Crippen LogP contribution in [0, 0.1) is 6.57 Å². The zero-order valence-corrected chi connectivity index (χ0v) is 19.5. The first kappa shape index (κ1) is 24.6. The molecule has 0 aliphatic heterocycles. The van der Waals surface area contributed by atoms with Crippen LogP contribution in [-0.2, 0) is 16.9 Å². The number of nitrogens with zero attached hydrogens (tertiary/aromatic N) is 3. The van der Waals surface area contributed by atoms with Gasteiger partial charge in [-0.1, -0.05) is 18.1 Å². The van der Waals surface area contributed by atoms with Gasteiger partial charge in [-0.25, -0.2) is 17.8 Å². The average Bonchev–Trinajstić information content (AvgIpc) is 2.64. The Morgan fingerprint density at radius 2 is 1.93 bits per heavy atom. The SMILES string of the molecule is [C-]#[N+]C(C)(C)c1ccc2c(=O)c3ccc(Cl)c(SC)c3n(C[C-]=O)c2n1.[Na+].[OH-]. The van der Waals surface area contributed by atoms with Gasteiger partial charge in [-0.05, 0) is 30.5 Å². The smallest absolute Gasteiger partial charge is 0.870 e. The second kappa shape index (κ2) is 9.40. The maximum absolute atomic E-state index is 13.0. The number of fused-ring (bicyclic) bond motifs is 2. The molecule has 3 rings (SSSR count). The summed E-state index contributed by atoms with van der Waals surface area (Å²) < 4.78 is 1.65. The number of aromatic nitrogens is 2. The summed E-state index contributed by atoms with van der Waals surface area (Å²) in [5.41, 5.74) is 0.439. The summed E-state index contributed by atoms with van der Waals surface area (Å²) >= 11 is 7.71. The van der Waals surface area contributed by atoms with Crippen LogP contribution < -0.4 is 35.0 Å². The molecule has 1 aromatic carbocycles. The molecular weight excluding hydrogens is 409 g/mol. The summed E-state index contributed by atoms with van der Waals surface area (Å²) in [4.78, 5) is 33.1. The second-order valence-corrected chi connectivity index (χ2v) is 7.50. The Kier molecular flexibility index (Phi) is 8.27. The molecule has 0 atom stereocenters. The van der Waals surface area contributed by atoms with E-state index in [4.69, 9.17) is 18.2 Å². The van der Waals surface area contributed by atoms with Crippen LogP contribution in [0.2, 0.25) is 5.02 Å². The largest absolute Gasteiger partial charge is 1.00 e. The van der Waals surface area contributed by atoms with E-state index in [1.54, 1.807) is 42.7 Å². The molecule has 0 aliphatic carbocycles. The molecule has 0 amide bonds. The summed E-state index contributed by atoms with van der Waals surface area (Å²) in [6.07, 6.45) is 3.75. The molecule has 0 radical (unpaired) electrons. The van der Waals surface area contributed by atoms with E-state index in [1.165, 1.54) is 11.8 Å². The molecule has 0 fully saturated rings. The van der Waals surface area contributed by atoms with E-state index in [2.05, 4.69) is 9.83 Å².